The summed E-state index contributed by atoms with van der Waals surface area (Å²) in [5.74, 6) is -0.183. The molecule has 0 amide bonds. The Morgan fingerprint density at radius 3 is 2.95 bits per heavy atom. The molecule has 2 aromatic rings. The quantitative estimate of drug-likeness (QED) is 0.632. The number of aromatic nitrogens is 1. The van der Waals surface area contributed by atoms with Crippen molar-refractivity contribution in [1.29, 1.82) is 0 Å². The highest BCUT2D eigenvalue weighted by atomic mass is 35.5. The Bertz CT molecular complexity index is 566. The lowest BCUT2D eigenvalue weighted by Crippen LogP contribution is -2.19. The molecule has 0 unspecified atom stereocenters. The predicted octanol–water partition coefficient (Wildman–Crippen LogP) is 2.86. The first-order valence-corrected chi connectivity index (χ1v) is 6.71. The third kappa shape index (κ3) is 3.49. The first-order chi connectivity index (χ1) is 9.22. The summed E-state index contributed by atoms with van der Waals surface area (Å²) in [5.41, 5.74) is 1.96. The Balaban J connectivity index is 1.88. The highest BCUT2D eigenvalue weighted by Gasteiger charge is 2.08. The van der Waals surface area contributed by atoms with Crippen molar-refractivity contribution in [3.05, 3.63) is 35.0 Å². The topological polar surface area (TPSA) is 54.1 Å². The fourth-order valence-corrected chi connectivity index (χ4v) is 2.20. The molecule has 0 aliphatic carbocycles. The van der Waals surface area contributed by atoms with E-state index in [1.54, 1.807) is 6.92 Å². The molecule has 102 valence electrons. The normalized spacial score (nSPS) is 10.8. The molecule has 0 saturated carbocycles. The molecule has 0 spiro atoms. The number of esters is 1. The van der Waals surface area contributed by atoms with Gasteiger partial charge in [0, 0.05) is 29.7 Å². The van der Waals surface area contributed by atoms with Crippen LogP contribution in [0.25, 0.3) is 10.9 Å². The lowest BCUT2D eigenvalue weighted by atomic mass is 10.2. The number of benzene rings is 1. The summed E-state index contributed by atoms with van der Waals surface area (Å²) in [6, 6.07) is 7.90. The van der Waals surface area contributed by atoms with Gasteiger partial charge in [-0.15, -0.1) is 0 Å². The minimum absolute atomic E-state index is 0.183. The Hall–Kier alpha value is -1.52. The Kier molecular flexibility index (Phi) is 4.82. The molecule has 0 aliphatic rings. The van der Waals surface area contributed by atoms with Gasteiger partial charge < -0.3 is 15.0 Å². The van der Waals surface area contributed by atoms with Crippen molar-refractivity contribution in [2.45, 2.75) is 19.9 Å². The van der Waals surface area contributed by atoms with Crippen LogP contribution in [-0.4, -0.2) is 24.1 Å². The maximum atomic E-state index is 11.2. The highest BCUT2D eigenvalue weighted by Crippen LogP contribution is 2.26. The van der Waals surface area contributed by atoms with E-state index in [1.807, 2.05) is 24.3 Å². The molecule has 5 heteroatoms. The van der Waals surface area contributed by atoms with Crippen LogP contribution in [0.2, 0.25) is 5.02 Å². The van der Waals surface area contributed by atoms with E-state index in [2.05, 4.69) is 10.3 Å². The fourth-order valence-electron chi connectivity index (χ4n) is 1.92. The van der Waals surface area contributed by atoms with E-state index in [1.165, 1.54) is 0 Å². The van der Waals surface area contributed by atoms with E-state index in [4.69, 9.17) is 16.3 Å². The largest absolute Gasteiger partial charge is 0.466 e. The molecule has 0 saturated heterocycles. The van der Waals surface area contributed by atoms with Gasteiger partial charge in [0.25, 0.3) is 0 Å². The van der Waals surface area contributed by atoms with E-state index in [0.29, 0.717) is 26.1 Å². The van der Waals surface area contributed by atoms with E-state index in [0.717, 1.165) is 21.6 Å². The van der Waals surface area contributed by atoms with Crippen molar-refractivity contribution in [3.8, 4) is 0 Å². The van der Waals surface area contributed by atoms with Crippen molar-refractivity contribution in [3.63, 3.8) is 0 Å². The SMILES string of the molecule is CCOC(=O)CCNCc1[nH]c2ccccc2c1Cl. The third-order valence-electron chi connectivity index (χ3n) is 2.83. The monoisotopic (exact) mass is 280 g/mol. The maximum Gasteiger partial charge on any atom is 0.307 e. The molecule has 0 atom stereocenters. The van der Waals surface area contributed by atoms with Crippen molar-refractivity contribution in [2.24, 2.45) is 0 Å². The van der Waals surface area contributed by atoms with Crippen LogP contribution in [0.5, 0.6) is 0 Å². The summed E-state index contributed by atoms with van der Waals surface area (Å²) in [5, 5.41) is 4.93. The number of aromatic amines is 1. The van der Waals surface area contributed by atoms with Crippen LogP contribution in [0.1, 0.15) is 19.0 Å². The number of carbonyl (C=O) groups is 1. The summed E-state index contributed by atoms with van der Waals surface area (Å²) < 4.78 is 4.85. The Labute approximate surface area is 117 Å². The van der Waals surface area contributed by atoms with Crippen LogP contribution < -0.4 is 5.32 Å². The summed E-state index contributed by atoms with van der Waals surface area (Å²) in [7, 11) is 0. The van der Waals surface area contributed by atoms with Crippen LogP contribution in [0.3, 0.4) is 0 Å². The van der Waals surface area contributed by atoms with Crippen molar-refractivity contribution in [2.75, 3.05) is 13.2 Å². The molecule has 0 fully saturated rings. The summed E-state index contributed by atoms with van der Waals surface area (Å²) >= 11 is 6.29. The van der Waals surface area contributed by atoms with Gasteiger partial charge in [0.15, 0.2) is 0 Å². The summed E-state index contributed by atoms with van der Waals surface area (Å²) in [6.45, 7) is 3.40. The second kappa shape index (κ2) is 6.59. The number of fused-ring (bicyclic) bond motifs is 1. The highest BCUT2D eigenvalue weighted by molar-refractivity contribution is 6.36. The van der Waals surface area contributed by atoms with Crippen molar-refractivity contribution in [1.82, 2.24) is 10.3 Å². The zero-order chi connectivity index (χ0) is 13.7. The zero-order valence-corrected chi connectivity index (χ0v) is 11.6. The van der Waals surface area contributed by atoms with Crippen LogP contribution in [0, 0.1) is 0 Å². The minimum Gasteiger partial charge on any atom is -0.466 e. The van der Waals surface area contributed by atoms with Crippen molar-refractivity contribution >= 4 is 28.5 Å². The lowest BCUT2D eigenvalue weighted by Gasteiger charge is -2.04. The fraction of sp³-hybridized carbons (Fsp3) is 0.357. The predicted molar refractivity (Wildman–Crippen MR) is 76.3 cm³/mol. The average molecular weight is 281 g/mol. The van der Waals surface area contributed by atoms with Gasteiger partial charge in [0.2, 0.25) is 0 Å². The van der Waals surface area contributed by atoms with Gasteiger partial charge in [-0.2, -0.15) is 0 Å². The molecule has 0 bridgehead atoms. The van der Waals surface area contributed by atoms with E-state index >= 15 is 0 Å². The molecule has 1 heterocycles. The van der Waals surface area contributed by atoms with Gasteiger partial charge in [-0.1, -0.05) is 29.8 Å². The molecule has 2 rings (SSSR count). The summed E-state index contributed by atoms with van der Waals surface area (Å²) in [6.07, 6.45) is 0.367. The molecular weight excluding hydrogens is 264 g/mol. The summed E-state index contributed by atoms with van der Waals surface area (Å²) in [4.78, 5) is 14.4. The molecule has 0 aliphatic heterocycles. The van der Waals surface area contributed by atoms with Gasteiger partial charge in [-0.3, -0.25) is 4.79 Å². The van der Waals surface area contributed by atoms with Gasteiger partial charge in [0.05, 0.1) is 18.1 Å². The first kappa shape index (κ1) is 13.9. The van der Waals surface area contributed by atoms with Gasteiger partial charge in [0.1, 0.15) is 0 Å². The smallest absolute Gasteiger partial charge is 0.307 e. The van der Waals surface area contributed by atoms with E-state index < -0.39 is 0 Å². The molecule has 2 N–H and O–H groups in total. The second-order valence-electron chi connectivity index (χ2n) is 4.19. The van der Waals surface area contributed by atoms with Gasteiger partial charge >= 0.3 is 5.97 Å². The van der Waals surface area contributed by atoms with Crippen LogP contribution in [0.4, 0.5) is 0 Å². The lowest BCUT2D eigenvalue weighted by molar-refractivity contribution is -0.142. The Morgan fingerprint density at radius 1 is 1.42 bits per heavy atom. The molecular formula is C14H17ClN2O2. The van der Waals surface area contributed by atoms with E-state index in [9.17, 15) is 4.79 Å². The first-order valence-electron chi connectivity index (χ1n) is 6.33. The number of H-pyrrole nitrogens is 1. The standard InChI is InChI=1S/C14H17ClN2O2/c1-2-19-13(18)7-8-16-9-12-14(15)10-5-3-4-6-11(10)17-12/h3-6,16-17H,2,7-9H2,1H3. The zero-order valence-electron chi connectivity index (χ0n) is 10.8. The number of para-hydroxylation sites is 1. The number of rotatable bonds is 6. The molecule has 0 radical (unpaired) electrons. The van der Waals surface area contributed by atoms with Gasteiger partial charge in [-0.05, 0) is 13.0 Å². The molecule has 1 aromatic heterocycles. The number of hydrogen-bond acceptors (Lipinski definition) is 3. The molecule has 19 heavy (non-hydrogen) atoms. The number of halogens is 1. The van der Waals surface area contributed by atoms with Crippen LogP contribution in [0.15, 0.2) is 24.3 Å². The van der Waals surface area contributed by atoms with Crippen LogP contribution in [-0.2, 0) is 16.1 Å². The van der Waals surface area contributed by atoms with Crippen molar-refractivity contribution < 1.29 is 9.53 Å². The second-order valence-corrected chi connectivity index (χ2v) is 4.57. The maximum absolute atomic E-state index is 11.2. The Morgan fingerprint density at radius 2 is 2.21 bits per heavy atom. The number of nitrogens with one attached hydrogen (secondary N) is 2. The van der Waals surface area contributed by atoms with E-state index in [-0.39, 0.29) is 5.97 Å². The molecule has 4 nitrogen and oxygen atoms in total. The number of hydrogen-bond donors (Lipinski definition) is 2. The number of ether oxygens (including phenoxy) is 1. The number of carbonyl (C=O) groups excluding carboxylic acids is 1. The molecule has 1 aromatic carbocycles. The minimum atomic E-state index is -0.183. The van der Waals surface area contributed by atoms with Gasteiger partial charge in [-0.25, -0.2) is 0 Å². The average Bonchev–Trinajstić information content (AvgIpc) is 2.73. The third-order valence-corrected chi connectivity index (χ3v) is 3.26. The van der Waals surface area contributed by atoms with Crippen LogP contribution >= 0.6 is 11.6 Å².